The van der Waals surface area contributed by atoms with Crippen LogP contribution in [0.2, 0.25) is 0 Å². The van der Waals surface area contributed by atoms with Crippen LogP contribution in [0.25, 0.3) is 0 Å². The Kier molecular flexibility index (Phi) is 3.08. The molecule has 0 bridgehead atoms. The Labute approximate surface area is 114 Å². The Morgan fingerprint density at radius 2 is 2.00 bits per heavy atom. The van der Waals surface area contributed by atoms with E-state index in [0.717, 1.165) is 0 Å². The number of pyridine rings is 1. The zero-order chi connectivity index (χ0) is 13.9. The van der Waals surface area contributed by atoms with Crippen LogP contribution in [0.5, 0.6) is 11.5 Å². The van der Waals surface area contributed by atoms with Crippen molar-refractivity contribution in [1.82, 2.24) is 4.98 Å². The van der Waals surface area contributed by atoms with E-state index in [-0.39, 0.29) is 5.69 Å². The molecule has 0 saturated heterocycles. The third kappa shape index (κ3) is 2.33. The minimum Gasteiger partial charge on any atom is -0.486 e. The molecule has 0 unspecified atom stereocenters. The molecule has 2 heterocycles. The zero-order valence-electron chi connectivity index (χ0n) is 10.4. The highest BCUT2D eigenvalue weighted by molar-refractivity contribution is 5.70. The number of anilines is 2. The van der Waals surface area contributed by atoms with Crippen molar-refractivity contribution in [2.45, 2.75) is 0 Å². The Balaban J connectivity index is 1.90. The first-order valence-corrected chi connectivity index (χ1v) is 5.99. The summed E-state index contributed by atoms with van der Waals surface area (Å²) in [7, 11) is 0. The van der Waals surface area contributed by atoms with Crippen molar-refractivity contribution in [3.8, 4) is 11.5 Å². The van der Waals surface area contributed by atoms with E-state index in [2.05, 4.69) is 10.3 Å². The summed E-state index contributed by atoms with van der Waals surface area (Å²) in [5.74, 6) is 1.30. The molecule has 2 aromatic rings. The van der Waals surface area contributed by atoms with E-state index < -0.39 is 4.92 Å². The van der Waals surface area contributed by atoms with Gasteiger partial charge in [-0.15, -0.1) is 0 Å². The summed E-state index contributed by atoms with van der Waals surface area (Å²) in [6.07, 6.45) is 2.70. The van der Waals surface area contributed by atoms with Gasteiger partial charge in [0, 0.05) is 18.0 Å². The SMILES string of the molecule is O=[N+]([O-])c1cnccc1Nc1ccc2c(c1)OCCO2. The molecule has 1 N–H and O–H groups in total. The van der Waals surface area contributed by atoms with E-state index in [1.165, 1.54) is 12.4 Å². The topological polar surface area (TPSA) is 86.5 Å². The van der Waals surface area contributed by atoms with Crippen LogP contribution in [0, 0.1) is 10.1 Å². The number of rotatable bonds is 3. The van der Waals surface area contributed by atoms with Gasteiger partial charge >= 0.3 is 5.69 Å². The minimum absolute atomic E-state index is 0.0811. The van der Waals surface area contributed by atoms with Gasteiger partial charge < -0.3 is 14.8 Å². The summed E-state index contributed by atoms with van der Waals surface area (Å²) in [5, 5.41) is 13.9. The van der Waals surface area contributed by atoms with Gasteiger partial charge in [-0.25, -0.2) is 0 Å². The van der Waals surface area contributed by atoms with Crippen LogP contribution >= 0.6 is 0 Å². The highest BCUT2D eigenvalue weighted by Crippen LogP contribution is 2.34. The average molecular weight is 273 g/mol. The van der Waals surface area contributed by atoms with Crippen molar-refractivity contribution in [3.05, 3.63) is 46.8 Å². The second-order valence-electron chi connectivity index (χ2n) is 4.13. The molecule has 0 aliphatic carbocycles. The van der Waals surface area contributed by atoms with Crippen LogP contribution in [0.15, 0.2) is 36.7 Å². The number of benzene rings is 1. The average Bonchev–Trinajstić information content (AvgIpc) is 2.47. The van der Waals surface area contributed by atoms with Crippen LogP contribution in [-0.4, -0.2) is 23.1 Å². The smallest absolute Gasteiger partial charge is 0.310 e. The van der Waals surface area contributed by atoms with Crippen molar-refractivity contribution < 1.29 is 14.4 Å². The predicted octanol–water partition coefficient (Wildman–Crippen LogP) is 2.50. The van der Waals surface area contributed by atoms with Crippen LogP contribution < -0.4 is 14.8 Å². The lowest BCUT2D eigenvalue weighted by molar-refractivity contribution is -0.384. The maximum atomic E-state index is 10.9. The maximum Gasteiger partial charge on any atom is 0.310 e. The van der Waals surface area contributed by atoms with Crippen LogP contribution in [0.4, 0.5) is 17.1 Å². The van der Waals surface area contributed by atoms with Gasteiger partial charge in [0.2, 0.25) is 0 Å². The number of ether oxygens (including phenoxy) is 2. The number of nitrogens with one attached hydrogen (secondary N) is 1. The molecule has 1 aromatic carbocycles. The first kappa shape index (κ1) is 12.2. The molecular formula is C13H11N3O4. The fourth-order valence-corrected chi connectivity index (χ4v) is 1.91. The molecule has 0 atom stereocenters. The Morgan fingerprint density at radius 1 is 1.20 bits per heavy atom. The normalized spacial score (nSPS) is 12.8. The number of nitrogens with zero attached hydrogens (tertiary/aromatic N) is 2. The van der Waals surface area contributed by atoms with Crippen LogP contribution in [0.3, 0.4) is 0 Å². The van der Waals surface area contributed by atoms with E-state index in [9.17, 15) is 10.1 Å². The Morgan fingerprint density at radius 3 is 2.80 bits per heavy atom. The van der Waals surface area contributed by atoms with Crippen LogP contribution in [-0.2, 0) is 0 Å². The van der Waals surface area contributed by atoms with Crippen molar-refractivity contribution in [3.63, 3.8) is 0 Å². The van der Waals surface area contributed by atoms with Gasteiger partial charge in [-0.2, -0.15) is 0 Å². The molecular weight excluding hydrogens is 262 g/mol. The quantitative estimate of drug-likeness (QED) is 0.683. The standard InChI is InChI=1S/C13H11N3O4/c17-16(18)11-8-14-4-3-10(11)15-9-1-2-12-13(7-9)20-6-5-19-12/h1-4,7-8H,5-6H2,(H,14,15). The molecule has 1 aliphatic heterocycles. The third-order valence-electron chi connectivity index (χ3n) is 2.82. The number of hydrogen-bond acceptors (Lipinski definition) is 6. The van der Waals surface area contributed by atoms with E-state index >= 15 is 0 Å². The largest absolute Gasteiger partial charge is 0.486 e. The van der Waals surface area contributed by atoms with Crippen LogP contribution in [0.1, 0.15) is 0 Å². The van der Waals surface area contributed by atoms with Gasteiger partial charge in [0.25, 0.3) is 0 Å². The fourth-order valence-electron chi connectivity index (χ4n) is 1.91. The van der Waals surface area contributed by atoms with E-state index in [0.29, 0.717) is 36.1 Å². The lowest BCUT2D eigenvalue weighted by Crippen LogP contribution is -2.15. The highest BCUT2D eigenvalue weighted by atomic mass is 16.6. The molecule has 0 spiro atoms. The first-order valence-electron chi connectivity index (χ1n) is 5.99. The second-order valence-corrected chi connectivity index (χ2v) is 4.13. The summed E-state index contributed by atoms with van der Waals surface area (Å²) in [6.45, 7) is 1.02. The third-order valence-corrected chi connectivity index (χ3v) is 2.82. The lowest BCUT2D eigenvalue weighted by atomic mass is 10.2. The summed E-state index contributed by atoms with van der Waals surface area (Å²) in [6, 6.07) is 6.84. The van der Waals surface area contributed by atoms with E-state index in [1.54, 1.807) is 24.3 Å². The van der Waals surface area contributed by atoms with Gasteiger partial charge in [-0.1, -0.05) is 0 Å². The van der Waals surface area contributed by atoms with Crippen molar-refractivity contribution in [2.24, 2.45) is 0 Å². The van der Waals surface area contributed by atoms with Crippen molar-refractivity contribution in [1.29, 1.82) is 0 Å². The predicted molar refractivity (Wildman–Crippen MR) is 71.6 cm³/mol. The lowest BCUT2D eigenvalue weighted by Gasteiger charge is -2.19. The number of fused-ring (bicyclic) bond motifs is 1. The minimum atomic E-state index is -0.479. The molecule has 7 nitrogen and oxygen atoms in total. The summed E-state index contributed by atoms with van der Waals surface area (Å²) in [5.41, 5.74) is 0.979. The molecule has 7 heteroatoms. The van der Waals surface area contributed by atoms with Crippen molar-refractivity contribution in [2.75, 3.05) is 18.5 Å². The first-order chi connectivity index (χ1) is 9.74. The monoisotopic (exact) mass is 273 g/mol. The molecule has 20 heavy (non-hydrogen) atoms. The Bertz CT molecular complexity index is 660. The van der Waals surface area contributed by atoms with Gasteiger partial charge in [0.1, 0.15) is 25.1 Å². The number of nitro groups is 1. The Hall–Kier alpha value is -2.83. The molecule has 3 rings (SSSR count). The van der Waals surface area contributed by atoms with Gasteiger partial charge in [0.15, 0.2) is 11.5 Å². The van der Waals surface area contributed by atoms with Gasteiger partial charge in [-0.05, 0) is 18.2 Å². The summed E-state index contributed by atoms with van der Waals surface area (Å²) >= 11 is 0. The van der Waals surface area contributed by atoms with Gasteiger partial charge in [0.05, 0.1) is 4.92 Å². The van der Waals surface area contributed by atoms with E-state index in [4.69, 9.17) is 9.47 Å². The molecule has 0 amide bonds. The molecule has 1 aromatic heterocycles. The zero-order valence-corrected chi connectivity index (χ0v) is 10.4. The number of hydrogen-bond donors (Lipinski definition) is 1. The van der Waals surface area contributed by atoms with E-state index in [1.807, 2.05) is 0 Å². The summed E-state index contributed by atoms with van der Waals surface area (Å²) < 4.78 is 10.9. The maximum absolute atomic E-state index is 10.9. The molecule has 0 fully saturated rings. The fraction of sp³-hybridized carbons (Fsp3) is 0.154. The molecule has 0 radical (unpaired) electrons. The molecule has 0 saturated carbocycles. The highest BCUT2D eigenvalue weighted by Gasteiger charge is 2.15. The molecule has 1 aliphatic rings. The van der Waals surface area contributed by atoms with Gasteiger partial charge in [-0.3, -0.25) is 15.1 Å². The summed E-state index contributed by atoms with van der Waals surface area (Å²) in [4.78, 5) is 14.2. The molecule has 102 valence electrons. The van der Waals surface area contributed by atoms with Crippen molar-refractivity contribution >= 4 is 17.1 Å². The second kappa shape index (κ2) is 5.04. The number of aromatic nitrogens is 1.